The Labute approximate surface area is 243 Å². The topological polar surface area (TPSA) is 117 Å². The Morgan fingerprint density at radius 2 is 1.95 bits per heavy atom. The predicted molar refractivity (Wildman–Crippen MR) is 154 cm³/mol. The molecule has 3 aliphatic heterocycles. The Morgan fingerprint density at radius 3 is 2.61 bits per heavy atom. The molecule has 3 aliphatic rings. The van der Waals surface area contributed by atoms with Crippen LogP contribution in [0.4, 0.5) is 20.5 Å². The quantitative estimate of drug-likeness (QED) is 0.345. The van der Waals surface area contributed by atoms with E-state index in [9.17, 15) is 19.6 Å². The number of rotatable bonds is 7. The van der Waals surface area contributed by atoms with Gasteiger partial charge < -0.3 is 19.8 Å². The number of likely N-dealkylation sites (tertiary alicyclic amines) is 2. The Hall–Kier alpha value is -3.64. The maximum absolute atomic E-state index is 13.5. The number of halogens is 1. The van der Waals surface area contributed by atoms with Crippen molar-refractivity contribution in [2.24, 2.45) is 0 Å². The Kier molecular flexibility index (Phi) is 6.42. The molecule has 14 heteroatoms. The molecule has 41 heavy (non-hydrogen) atoms. The summed E-state index contributed by atoms with van der Waals surface area (Å²) in [5, 5.41) is 25.8. The third kappa shape index (κ3) is 4.44. The van der Waals surface area contributed by atoms with Crippen molar-refractivity contribution in [1.29, 1.82) is 5.26 Å². The summed E-state index contributed by atoms with van der Waals surface area (Å²) in [4.78, 5) is 31.7. The zero-order valence-corrected chi connectivity index (χ0v) is 24.2. The van der Waals surface area contributed by atoms with Crippen LogP contribution >= 0.6 is 22.7 Å². The number of aromatic nitrogens is 4. The molecule has 1 amide bonds. The van der Waals surface area contributed by atoms with Gasteiger partial charge >= 0.3 is 0 Å². The highest BCUT2D eigenvalue weighted by Crippen LogP contribution is 2.40. The van der Waals surface area contributed by atoms with Gasteiger partial charge in [-0.15, -0.1) is 5.10 Å². The Bertz CT molecular complexity index is 1670. The largest absolute Gasteiger partial charge is 0.389 e. The highest BCUT2D eigenvalue weighted by Gasteiger charge is 2.46. The summed E-state index contributed by atoms with van der Waals surface area (Å²) < 4.78 is 15.4. The molecule has 4 aromatic rings. The molecule has 6 heterocycles. The van der Waals surface area contributed by atoms with Crippen LogP contribution < -0.4 is 9.80 Å². The van der Waals surface area contributed by atoms with E-state index in [1.165, 1.54) is 23.5 Å². The smallest absolute Gasteiger partial charge is 0.236 e. The van der Waals surface area contributed by atoms with Crippen molar-refractivity contribution < 1.29 is 14.3 Å². The number of amides is 1. The second-order valence-electron chi connectivity index (χ2n) is 10.7. The SMILES string of the molecule is CCc1nc2sc(N3C[C@@H]4C[C@H]3CN4CC(=O)N3CC(O)C3)nn2c1N(C)c1nc(-c2ccc(F)cc2)c(C#N)s1. The number of hydrogen-bond donors (Lipinski definition) is 1. The van der Waals surface area contributed by atoms with Crippen LogP contribution in [0.25, 0.3) is 16.2 Å². The second-order valence-corrected chi connectivity index (χ2v) is 12.7. The number of piperazine rings is 1. The number of aryl methyl sites for hydroxylation is 1. The van der Waals surface area contributed by atoms with Gasteiger partial charge in [0.05, 0.1) is 18.3 Å². The molecule has 3 saturated heterocycles. The lowest BCUT2D eigenvalue weighted by atomic mass is 10.1. The molecule has 11 nitrogen and oxygen atoms in total. The van der Waals surface area contributed by atoms with Gasteiger partial charge in [-0.25, -0.2) is 14.4 Å². The number of fused-ring (bicyclic) bond motifs is 3. The minimum absolute atomic E-state index is 0.0891. The Balaban J connectivity index is 1.13. The molecular formula is C27H28FN9O2S2. The van der Waals surface area contributed by atoms with E-state index < -0.39 is 0 Å². The van der Waals surface area contributed by atoms with Crippen LogP contribution in [0, 0.1) is 17.1 Å². The lowest BCUT2D eigenvalue weighted by molar-refractivity contribution is -0.142. The summed E-state index contributed by atoms with van der Waals surface area (Å²) in [6, 6.07) is 8.81. The molecule has 1 N–H and O–H groups in total. The van der Waals surface area contributed by atoms with Gasteiger partial charge in [-0.05, 0) is 37.1 Å². The molecule has 0 radical (unpaired) electrons. The number of anilines is 3. The van der Waals surface area contributed by atoms with E-state index in [4.69, 9.17) is 15.1 Å². The van der Waals surface area contributed by atoms with Crippen LogP contribution in [-0.4, -0.2) is 98.4 Å². The van der Waals surface area contributed by atoms with Gasteiger partial charge in [-0.2, -0.15) is 9.78 Å². The number of nitrogens with zero attached hydrogens (tertiary/aromatic N) is 9. The summed E-state index contributed by atoms with van der Waals surface area (Å²) in [7, 11) is 1.90. The van der Waals surface area contributed by atoms with Crippen LogP contribution in [-0.2, 0) is 11.2 Å². The van der Waals surface area contributed by atoms with Crippen LogP contribution in [0.15, 0.2) is 24.3 Å². The van der Waals surface area contributed by atoms with Crippen LogP contribution in [0.3, 0.4) is 0 Å². The normalized spacial score (nSPS) is 20.7. The van der Waals surface area contributed by atoms with E-state index >= 15 is 0 Å². The highest BCUT2D eigenvalue weighted by atomic mass is 32.1. The average Bonchev–Trinajstić information content (AvgIpc) is 3.76. The molecule has 0 saturated carbocycles. The van der Waals surface area contributed by atoms with Crippen molar-refractivity contribution in [3.05, 3.63) is 40.7 Å². The first kappa shape index (κ1) is 26.3. The first-order chi connectivity index (χ1) is 19.8. The lowest BCUT2D eigenvalue weighted by Gasteiger charge is -2.39. The van der Waals surface area contributed by atoms with Gasteiger partial charge in [0.25, 0.3) is 0 Å². The van der Waals surface area contributed by atoms with E-state index in [0.29, 0.717) is 53.4 Å². The first-order valence-corrected chi connectivity index (χ1v) is 15.2. The van der Waals surface area contributed by atoms with Crippen molar-refractivity contribution in [2.45, 2.75) is 38.0 Å². The molecule has 2 bridgehead atoms. The summed E-state index contributed by atoms with van der Waals surface area (Å²) in [5.74, 6) is 0.557. The first-order valence-electron chi connectivity index (χ1n) is 13.6. The zero-order chi connectivity index (χ0) is 28.4. The van der Waals surface area contributed by atoms with Crippen molar-refractivity contribution in [3.8, 4) is 17.3 Å². The number of imidazole rings is 1. The number of aliphatic hydroxyl groups excluding tert-OH is 1. The summed E-state index contributed by atoms with van der Waals surface area (Å²) in [6.45, 7) is 4.94. The van der Waals surface area contributed by atoms with Gasteiger partial charge in [0.1, 0.15) is 22.5 Å². The van der Waals surface area contributed by atoms with E-state index in [1.807, 2.05) is 23.4 Å². The fraction of sp³-hybridized carbons (Fsp3) is 0.444. The van der Waals surface area contributed by atoms with Crippen LogP contribution in [0.1, 0.15) is 23.9 Å². The number of carbonyl (C=O) groups excluding carboxylic acids is 1. The molecule has 3 aromatic heterocycles. The van der Waals surface area contributed by atoms with Gasteiger partial charge in [-0.3, -0.25) is 9.69 Å². The zero-order valence-electron chi connectivity index (χ0n) is 22.6. The van der Waals surface area contributed by atoms with Gasteiger partial charge in [0.2, 0.25) is 16.0 Å². The maximum atomic E-state index is 13.5. The number of nitriles is 1. The molecule has 1 aromatic carbocycles. The van der Waals surface area contributed by atoms with E-state index in [-0.39, 0.29) is 23.9 Å². The molecule has 212 valence electrons. The molecule has 0 unspecified atom stereocenters. The van der Waals surface area contributed by atoms with Crippen molar-refractivity contribution in [3.63, 3.8) is 0 Å². The van der Waals surface area contributed by atoms with Gasteiger partial charge in [0.15, 0.2) is 10.9 Å². The average molecular weight is 594 g/mol. The molecule has 0 aliphatic carbocycles. The van der Waals surface area contributed by atoms with Crippen molar-refractivity contribution in [2.75, 3.05) is 49.6 Å². The van der Waals surface area contributed by atoms with Gasteiger partial charge in [-0.1, -0.05) is 29.6 Å². The summed E-state index contributed by atoms with van der Waals surface area (Å²) in [6.07, 6.45) is 1.32. The van der Waals surface area contributed by atoms with Crippen molar-refractivity contribution in [1.82, 2.24) is 29.4 Å². The van der Waals surface area contributed by atoms with E-state index in [0.717, 1.165) is 41.1 Å². The van der Waals surface area contributed by atoms with Crippen molar-refractivity contribution >= 4 is 49.6 Å². The van der Waals surface area contributed by atoms with Crippen LogP contribution in [0.5, 0.6) is 0 Å². The van der Waals surface area contributed by atoms with E-state index in [2.05, 4.69) is 15.9 Å². The maximum Gasteiger partial charge on any atom is 0.236 e. The number of hydrogen-bond acceptors (Lipinski definition) is 11. The third-order valence-corrected chi connectivity index (χ3v) is 10.1. The number of thiazole rings is 1. The van der Waals surface area contributed by atoms with Gasteiger partial charge in [0, 0.05) is 50.9 Å². The molecular weight excluding hydrogens is 565 g/mol. The summed E-state index contributed by atoms with van der Waals surface area (Å²) >= 11 is 2.84. The molecule has 2 atom stereocenters. The second kappa shape index (κ2) is 10.0. The fourth-order valence-electron chi connectivity index (χ4n) is 5.99. The molecule has 0 spiro atoms. The number of β-amino-alcohol motifs (C(OH)–C–C–N with tert-alkyl or cyclic N) is 1. The summed E-state index contributed by atoms with van der Waals surface area (Å²) in [5.41, 5.74) is 2.10. The minimum atomic E-state index is -0.383. The minimum Gasteiger partial charge on any atom is -0.389 e. The standard InChI is InChI=1S/C27H28FN9O2S2/c1-3-20-24(33(2)25-31-23(21(9-29)40-25)15-4-6-16(28)7-5-15)37-26(30-20)41-27(32-37)36-11-17-8-18(36)10-34(17)14-22(39)35-12-19(38)13-35/h4-7,17-19,38H,3,8,10-14H2,1-2H3/t17-,18-/m0/s1. The number of aliphatic hydroxyl groups is 1. The fourth-order valence-corrected chi connectivity index (χ4v) is 7.84. The molecule has 7 rings (SSSR count). The third-order valence-electron chi connectivity index (χ3n) is 8.17. The number of benzene rings is 1. The Morgan fingerprint density at radius 1 is 1.17 bits per heavy atom. The van der Waals surface area contributed by atoms with E-state index in [1.54, 1.807) is 28.4 Å². The predicted octanol–water partition coefficient (Wildman–Crippen LogP) is 2.72. The number of carbonyl (C=O) groups is 1. The molecule has 3 fully saturated rings. The lowest BCUT2D eigenvalue weighted by Crippen LogP contribution is -2.57. The van der Waals surface area contributed by atoms with Crippen LogP contribution in [0.2, 0.25) is 0 Å². The highest BCUT2D eigenvalue weighted by molar-refractivity contribution is 7.20. The monoisotopic (exact) mass is 593 g/mol.